The molecule has 0 bridgehead atoms. The zero-order chi connectivity index (χ0) is 21.0. The average molecular weight is 399 g/mol. The van der Waals surface area contributed by atoms with Crippen molar-refractivity contribution in [3.8, 4) is 5.88 Å². The van der Waals surface area contributed by atoms with Gasteiger partial charge in [0.1, 0.15) is 12.3 Å². The van der Waals surface area contributed by atoms with E-state index in [0.717, 1.165) is 29.9 Å². The molecule has 0 atom stereocenters. The Morgan fingerprint density at radius 3 is 2.55 bits per heavy atom. The summed E-state index contributed by atoms with van der Waals surface area (Å²) in [5.74, 6) is 6.21. The fourth-order valence-electron chi connectivity index (χ4n) is 3.12. The van der Waals surface area contributed by atoms with Gasteiger partial charge in [0, 0.05) is 30.4 Å². The van der Waals surface area contributed by atoms with Crippen LogP contribution in [0.4, 0.5) is 5.69 Å². The van der Waals surface area contributed by atoms with Gasteiger partial charge in [0.2, 0.25) is 5.88 Å². The molecule has 0 aliphatic carbocycles. The second-order valence-corrected chi connectivity index (χ2v) is 8.03. The molecule has 1 fully saturated rings. The molecule has 3 rings (SSSR count). The minimum atomic E-state index is -0.963. The number of benzene rings is 1. The molecule has 0 unspecified atom stereocenters. The Kier molecular flexibility index (Phi) is 6.39. The second kappa shape index (κ2) is 8.80. The highest BCUT2D eigenvalue weighted by molar-refractivity contribution is 6.12. The van der Waals surface area contributed by atoms with Crippen LogP contribution >= 0.6 is 0 Å². The van der Waals surface area contributed by atoms with Gasteiger partial charge in [-0.1, -0.05) is 12.1 Å². The topological polar surface area (TPSA) is 93.2 Å². The molecule has 156 valence electrons. The number of nitrogens with zero attached hydrogens (tertiary/aromatic N) is 3. The Bertz CT molecular complexity index is 884. The smallest absolute Gasteiger partial charge is 0.216 e. The normalized spacial score (nSPS) is 15.5. The molecule has 0 radical (unpaired) electrons. The van der Waals surface area contributed by atoms with E-state index in [4.69, 9.17) is 15.3 Å². The monoisotopic (exact) mass is 398 g/mol. The van der Waals surface area contributed by atoms with Crippen molar-refractivity contribution >= 4 is 11.4 Å². The van der Waals surface area contributed by atoms with E-state index < -0.39 is 5.60 Å². The van der Waals surface area contributed by atoms with E-state index in [9.17, 15) is 5.11 Å². The summed E-state index contributed by atoms with van der Waals surface area (Å²) >= 11 is 0. The minimum Gasteiger partial charge on any atom is -0.475 e. The zero-order valence-corrected chi connectivity index (χ0v) is 17.6. The van der Waals surface area contributed by atoms with Gasteiger partial charge in [0.25, 0.3) is 0 Å². The van der Waals surface area contributed by atoms with Crippen LogP contribution in [0.1, 0.15) is 36.2 Å². The Hall–Kier alpha value is -2.64. The summed E-state index contributed by atoms with van der Waals surface area (Å²) in [7, 11) is 0. The van der Waals surface area contributed by atoms with Crippen molar-refractivity contribution in [2.45, 2.75) is 33.3 Å². The van der Waals surface area contributed by atoms with Gasteiger partial charge in [-0.3, -0.25) is 0 Å². The predicted octanol–water partition coefficient (Wildman–Crippen LogP) is 2.40. The van der Waals surface area contributed by atoms with E-state index in [1.54, 1.807) is 13.8 Å². The number of hydrogen-bond acceptors (Lipinski definition) is 7. The summed E-state index contributed by atoms with van der Waals surface area (Å²) in [6, 6.07) is 9.96. The minimum absolute atomic E-state index is 0.130. The van der Waals surface area contributed by atoms with Crippen LogP contribution in [0, 0.1) is 13.8 Å². The number of ether oxygens (including phenoxy) is 2. The van der Waals surface area contributed by atoms with Gasteiger partial charge in [-0.05, 0) is 51.0 Å². The number of hydrazone groups is 1. The van der Waals surface area contributed by atoms with Gasteiger partial charge in [-0.15, -0.1) is 0 Å². The van der Waals surface area contributed by atoms with E-state index >= 15 is 0 Å². The quantitative estimate of drug-likeness (QED) is 0.441. The van der Waals surface area contributed by atoms with Gasteiger partial charge in [-0.2, -0.15) is 5.10 Å². The summed E-state index contributed by atoms with van der Waals surface area (Å²) < 4.78 is 11.3. The number of nitrogens with two attached hydrogens (primary N) is 1. The first-order chi connectivity index (χ1) is 13.8. The van der Waals surface area contributed by atoms with Crippen molar-refractivity contribution < 1.29 is 14.6 Å². The highest BCUT2D eigenvalue weighted by Crippen LogP contribution is 2.25. The van der Waals surface area contributed by atoms with E-state index in [-0.39, 0.29) is 6.61 Å². The molecule has 2 aromatic rings. The fourth-order valence-corrected chi connectivity index (χ4v) is 3.12. The summed E-state index contributed by atoms with van der Waals surface area (Å²) in [5, 5.41) is 14.1. The number of hydrogen-bond donors (Lipinski definition) is 2. The maximum absolute atomic E-state index is 10.0. The Labute approximate surface area is 172 Å². The van der Waals surface area contributed by atoms with Crippen LogP contribution in [0.25, 0.3) is 0 Å². The number of morpholine rings is 1. The van der Waals surface area contributed by atoms with E-state index in [1.165, 1.54) is 5.56 Å². The molecular formula is C22H30N4O3. The summed E-state index contributed by atoms with van der Waals surface area (Å²) in [5.41, 5.74) is 4.49. The molecule has 1 aliphatic rings. The first-order valence-electron chi connectivity index (χ1n) is 9.83. The van der Waals surface area contributed by atoms with Crippen LogP contribution in [0.3, 0.4) is 0 Å². The maximum Gasteiger partial charge on any atom is 0.216 e. The van der Waals surface area contributed by atoms with E-state index in [2.05, 4.69) is 34.9 Å². The van der Waals surface area contributed by atoms with Crippen molar-refractivity contribution in [2.24, 2.45) is 10.9 Å². The van der Waals surface area contributed by atoms with Crippen molar-refractivity contribution in [3.63, 3.8) is 0 Å². The number of aliphatic hydroxyl groups is 1. The molecule has 1 saturated heterocycles. The summed E-state index contributed by atoms with van der Waals surface area (Å²) in [6.45, 7) is 10.6. The lowest BCUT2D eigenvalue weighted by molar-refractivity contribution is 0.0268. The van der Waals surface area contributed by atoms with E-state index in [0.29, 0.717) is 30.5 Å². The number of aromatic nitrogens is 1. The third-order valence-corrected chi connectivity index (χ3v) is 4.89. The lowest BCUT2D eigenvalue weighted by Crippen LogP contribution is -2.36. The number of anilines is 1. The van der Waals surface area contributed by atoms with Gasteiger partial charge in [-0.25, -0.2) is 4.98 Å². The molecule has 0 amide bonds. The van der Waals surface area contributed by atoms with Crippen molar-refractivity contribution in [1.82, 2.24) is 4.98 Å². The largest absolute Gasteiger partial charge is 0.475 e. The van der Waals surface area contributed by atoms with Gasteiger partial charge in [0.05, 0.1) is 24.5 Å². The van der Waals surface area contributed by atoms with Crippen molar-refractivity contribution in [1.29, 1.82) is 0 Å². The first-order valence-corrected chi connectivity index (χ1v) is 9.83. The summed E-state index contributed by atoms with van der Waals surface area (Å²) in [6.07, 6.45) is 0. The molecule has 1 aromatic heterocycles. The second-order valence-electron chi connectivity index (χ2n) is 8.03. The third kappa shape index (κ3) is 5.46. The molecular weight excluding hydrogens is 368 g/mol. The van der Waals surface area contributed by atoms with Gasteiger partial charge >= 0.3 is 0 Å². The number of aryl methyl sites for hydroxylation is 2. The Morgan fingerprint density at radius 2 is 1.93 bits per heavy atom. The lowest BCUT2D eigenvalue weighted by atomic mass is 10.0. The van der Waals surface area contributed by atoms with Crippen LogP contribution in [0.2, 0.25) is 0 Å². The molecule has 7 nitrogen and oxygen atoms in total. The fraction of sp³-hybridized carbons (Fsp3) is 0.455. The van der Waals surface area contributed by atoms with Crippen molar-refractivity contribution in [3.05, 3.63) is 52.7 Å². The number of pyridine rings is 1. The van der Waals surface area contributed by atoms with E-state index in [1.807, 2.05) is 24.3 Å². The van der Waals surface area contributed by atoms with Crippen LogP contribution in [0.5, 0.6) is 5.88 Å². The van der Waals surface area contributed by atoms with Gasteiger partial charge in [0.15, 0.2) is 0 Å². The summed E-state index contributed by atoms with van der Waals surface area (Å²) in [4.78, 5) is 6.85. The molecule has 1 aliphatic heterocycles. The first kappa shape index (κ1) is 21.1. The zero-order valence-electron chi connectivity index (χ0n) is 17.6. The van der Waals surface area contributed by atoms with Crippen LogP contribution in [-0.2, 0) is 4.74 Å². The predicted molar refractivity (Wildman–Crippen MR) is 115 cm³/mol. The Balaban J connectivity index is 2.01. The van der Waals surface area contributed by atoms with Crippen LogP contribution < -0.4 is 15.5 Å². The molecule has 0 saturated carbocycles. The Morgan fingerprint density at radius 1 is 1.21 bits per heavy atom. The molecule has 3 N–H and O–H groups in total. The molecule has 2 heterocycles. The van der Waals surface area contributed by atoms with Gasteiger partial charge < -0.3 is 25.3 Å². The standard InChI is InChI=1S/C22H30N4O3/c1-15-5-6-17(11-16(15)2)21(25-23)19-12-18(26-7-9-28-10-8-26)13-20(24-19)29-14-22(3,4)27/h5-6,11-13,27H,7-10,14,23H2,1-4H3. The third-order valence-electron chi connectivity index (χ3n) is 4.89. The highest BCUT2D eigenvalue weighted by atomic mass is 16.5. The van der Waals surface area contributed by atoms with Crippen LogP contribution in [-0.4, -0.2) is 54.3 Å². The van der Waals surface area contributed by atoms with Crippen molar-refractivity contribution in [2.75, 3.05) is 37.8 Å². The highest BCUT2D eigenvalue weighted by Gasteiger charge is 2.19. The maximum atomic E-state index is 10.0. The number of rotatable bonds is 6. The average Bonchev–Trinajstić information content (AvgIpc) is 2.70. The molecule has 29 heavy (non-hydrogen) atoms. The SMILES string of the molecule is Cc1ccc(C(=NN)c2cc(N3CCOCC3)cc(OCC(C)(C)O)n2)cc1C. The molecule has 7 heteroatoms. The van der Waals surface area contributed by atoms with Crippen LogP contribution in [0.15, 0.2) is 35.4 Å². The molecule has 1 aromatic carbocycles. The molecule has 0 spiro atoms. The lowest BCUT2D eigenvalue weighted by Gasteiger charge is -2.29.